The lowest BCUT2D eigenvalue weighted by atomic mass is 9.61. The van der Waals surface area contributed by atoms with Gasteiger partial charge in [-0.15, -0.1) is 11.3 Å². The van der Waals surface area contributed by atoms with Gasteiger partial charge in [-0.25, -0.2) is 0 Å². The molecule has 2 N–H and O–H groups in total. The second-order valence-electron chi connectivity index (χ2n) is 13.2. The first-order valence-corrected chi connectivity index (χ1v) is 16.6. The number of aromatic nitrogens is 2. The van der Waals surface area contributed by atoms with E-state index in [9.17, 15) is 10.1 Å². The molecule has 236 valence electrons. The summed E-state index contributed by atoms with van der Waals surface area (Å²) in [5.74, 6) is 0.981. The van der Waals surface area contributed by atoms with E-state index in [1.54, 1.807) is 17.4 Å². The molecule has 2 saturated heterocycles. The van der Waals surface area contributed by atoms with Gasteiger partial charge < -0.3 is 19.9 Å². The first-order chi connectivity index (χ1) is 21.1. The van der Waals surface area contributed by atoms with Crippen LogP contribution in [0, 0.1) is 18.3 Å². The number of carbonyl (C=O) groups excluding carboxylic acids is 1. The standard InChI is InChI=1S/C33H44N6O4S/c1-20(24-10-8-14-39(24)5)43-27-15-26(42-19-32(38(3)4)17-41-18-32)36-31(37-27)29(35)22-9-6-12-33(30(22)40)13-7-11-25-28(33)23(16-34)21(2)44-25/h15,20,24H,6-14,17-19,35H2,1-5H3/b29-22-/t20-,24?,33-/m0/s1. The predicted octanol–water partition coefficient (Wildman–Crippen LogP) is 3.99. The molecule has 4 heterocycles. The SMILES string of the molecule is Cc1sc2c(c1C#N)[C@]1(CCC/C(=C(/N)c3nc(OCC4(N(C)C)COC4)cc(O[C@@H](C)C4CCCN4C)n3)C1=O)CCC2. The summed E-state index contributed by atoms with van der Waals surface area (Å²) >= 11 is 1.66. The van der Waals surface area contributed by atoms with Gasteiger partial charge in [-0.05, 0) is 98.5 Å². The molecule has 1 unspecified atom stereocenters. The van der Waals surface area contributed by atoms with Crippen LogP contribution in [0.4, 0.5) is 0 Å². The number of rotatable bonds is 8. The minimum atomic E-state index is -0.723. The maximum atomic E-state index is 14.5. The van der Waals surface area contributed by atoms with Crippen molar-refractivity contribution in [1.82, 2.24) is 19.8 Å². The number of hydrogen-bond donors (Lipinski definition) is 1. The van der Waals surface area contributed by atoms with E-state index in [0.29, 0.717) is 49.1 Å². The number of allylic oxidation sites excluding steroid dienone is 1. The lowest BCUT2D eigenvalue weighted by molar-refractivity contribution is -0.141. The van der Waals surface area contributed by atoms with Gasteiger partial charge >= 0.3 is 0 Å². The number of nitrogens with two attached hydrogens (primary N) is 1. The van der Waals surface area contributed by atoms with Gasteiger partial charge in [0.25, 0.3) is 0 Å². The van der Waals surface area contributed by atoms with Crippen molar-refractivity contribution >= 4 is 22.8 Å². The molecule has 0 bridgehead atoms. The van der Waals surface area contributed by atoms with Gasteiger partial charge in [0.1, 0.15) is 24.3 Å². The quantitative estimate of drug-likeness (QED) is 0.433. The highest BCUT2D eigenvalue weighted by Crippen LogP contribution is 2.51. The Morgan fingerprint density at radius 3 is 2.61 bits per heavy atom. The molecule has 2 aliphatic carbocycles. The molecule has 3 fully saturated rings. The van der Waals surface area contributed by atoms with Crippen LogP contribution in [-0.2, 0) is 21.4 Å². The van der Waals surface area contributed by atoms with E-state index in [-0.39, 0.29) is 35.0 Å². The van der Waals surface area contributed by atoms with E-state index < -0.39 is 5.41 Å². The molecular formula is C33H44N6O4S. The Morgan fingerprint density at radius 1 is 1.25 bits per heavy atom. The lowest BCUT2D eigenvalue weighted by Crippen LogP contribution is -2.63. The summed E-state index contributed by atoms with van der Waals surface area (Å²) < 4.78 is 18.2. The van der Waals surface area contributed by atoms with Gasteiger partial charge in [0.2, 0.25) is 11.8 Å². The van der Waals surface area contributed by atoms with Gasteiger partial charge in [0.15, 0.2) is 11.6 Å². The zero-order valence-corrected chi connectivity index (χ0v) is 27.4. The second kappa shape index (κ2) is 12.0. The molecule has 11 heteroatoms. The van der Waals surface area contributed by atoms with Crippen molar-refractivity contribution in [3.05, 3.63) is 38.3 Å². The Kier molecular flexibility index (Phi) is 8.48. The number of carbonyl (C=O) groups is 1. The minimum absolute atomic E-state index is 0.00742. The number of ketones is 1. The topological polar surface area (TPSA) is 127 Å². The van der Waals surface area contributed by atoms with E-state index in [2.05, 4.69) is 29.8 Å². The number of nitrogens with zero attached hydrogens (tertiary/aromatic N) is 5. The van der Waals surface area contributed by atoms with Gasteiger partial charge in [-0.2, -0.15) is 15.2 Å². The number of nitriles is 1. The molecule has 0 amide bonds. The highest BCUT2D eigenvalue weighted by atomic mass is 32.1. The van der Waals surface area contributed by atoms with Crippen molar-refractivity contribution in [1.29, 1.82) is 5.26 Å². The normalized spacial score (nSPS) is 26.7. The minimum Gasteiger partial charge on any atom is -0.475 e. The fourth-order valence-corrected chi connectivity index (χ4v) is 8.79. The lowest BCUT2D eigenvalue weighted by Gasteiger charge is -2.45. The maximum Gasteiger partial charge on any atom is 0.221 e. The molecule has 6 rings (SSSR count). The number of ether oxygens (including phenoxy) is 3. The molecule has 4 aliphatic rings. The summed E-state index contributed by atoms with van der Waals surface area (Å²) in [5.41, 5.74) is 8.31. The summed E-state index contributed by atoms with van der Waals surface area (Å²) in [6.07, 6.45) is 6.70. The average molecular weight is 621 g/mol. The molecule has 10 nitrogen and oxygen atoms in total. The number of Topliss-reactive ketones (excluding diaryl/α,β-unsaturated/α-hetero) is 1. The third-order valence-corrected chi connectivity index (χ3v) is 11.5. The maximum absolute atomic E-state index is 14.5. The van der Waals surface area contributed by atoms with E-state index in [0.717, 1.165) is 61.9 Å². The van der Waals surface area contributed by atoms with Crippen LogP contribution in [0.25, 0.3) is 5.70 Å². The van der Waals surface area contributed by atoms with Crippen molar-refractivity contribution in [2.24, 2.45) is 5.73 Å². The van der Waals surface area contributed by atoms with Gasteiger partial charge in [-0.1, -0.05) is 0 Å². The van der Waals surface area contributed by atoms with Crippen LogP contribution in [0.1, 0.15) is 78.6 Å². The summed E-state index contributed by atoms with van der Waals surface area (Å²) in [6.45, 7) is 6.61. The average Bonchev–Trinajstić information content (AvgIpc) is 3.55. The molecule has 1 spiro atoms. The molecule has 0 radical (unpaired) electrons. The zero-order chi connectivity index (χ0) is 31.2. The van der Waals surface area contributed by atoms with Crippen molar-refractivity contribution in [2.75, 3.05) is 47.5 Å². The number of likely N-dealkylation sites (tertiary alicyclic amines) is 1. The Labute approximate surface area is 264 Å². The van der Waals surface area contributed by atoms with Crippen LogP contribution >= 0.6 is 11.3 Å². The van der Waals surface area contributed by atoms with Crippen molar-refractivity contribution in [3.8, 4) is 17.8 Å². The third kappa shape index (κ3) is 5.30. The largest absolute Gasteiger partial charge is 0.475 e. The number of hydrogen-bond acceptors (Lipinski definition) is 11. The first-order valence-electron chi connectivity index (χ1n) is 15.8. The molecular weight excluding hydrogens is 576 g/mol. The van der Waals surface area contributed by atoms with Gasteiger partial charge in [-0.3, -0.25) is 14.6 Å². The summed E-state index contributed by atoms with van der Waals surface area (Å²) in [4.78, 5) is 30.6. The highest BCUT2D eigenvalue weighted by molar-refractivity contribution is 7.12. The van der Waals surface area contributed by atoms with E-state index in [4.69, 9.17) is 29.9 Å². The summed E-state index contributed by atoms with van der Waals surface area (Å²) in [6, 6.07) is 4.41. The van der Waals surface area contributed by atoms with Gasteiger partial charge in [0.05, 0.1) is 36.0 Å². The molecule has 1 saturated carbocycles. The number of aryl methyl sites for hydroxylation is 2. The van der Waals surface area contributed by atoms with Crippen molar-refractivity contribution < 1.29 is 19.0 Å². The second-order valence-corrected chi connectivity index (χ2v) is 14.5. The van der Waals surface area contributed by atoms with E-state index in [1.807, 2.05) is 21.0 Å². The Bertz CT molecular complexity index is 1510. The molecule has 2 aromatic rings. The van der Waals surface area contributed by atoms with E-state index in [1.165, 1.54) is 4.88 Å². The number of likely N-dealkylation sites (N-methyl/N-ethyl adjacent to an activating group) is 2. The van der Waals surface area contributed by atoms with E-state index >= 15 is 0 Å². The Balaban J connectivity index is 1.37. The fourth-order valence-electron chi connectivity index (χ4n) is 7.52. The third-order valence-electron chi connectivity index (χ3n) is 10.3. The molecule has 44 heavy (non-hydrogen) atoms. The zero-order valence-electron chi connectivity index (χ0n) is 26.6. The fraction of sp³-hybridized carbons (Fsp3) is 0.636. The van der Waals surface area contributed by atoms with Crippen molar-refractivity contribution in [3.63, 3.8) is 0 Å². The number of thiophene rings is 1. The Morgan fingerprint density at radius 2 is 1.98 bits per heavy atom. The van der Waals surface area contributed by atoms with Crippen LogP contribution in [0.3, 0.4) is 0 Å². The van der Waals surface area contributed by atoms with Crippen LogP contribution in [0.2, 0.25) is 0 Å². The molecule has 3 atom stereocenters. The van der Waals surface area contributed by atoms with Crippen LogP contribution in [0.5, 0.6) is 11.8 Å². The smallest absolute Gasteiger partial charge is 0.221 e. The molecule has 2 aliphatic heterocycles. The molecule has 0 aromatic carbocycles. The van der Waals surface area contributed by atoms with Crippen LogP contribution < -0.4 is 15.2 Å². The van der Waals surface area contributed by atoms with Crippen molar-refractivity contribution in [2.45, 2.75) is 88.3 Å². The monoisotopic (exact) mass is 620 g/mol. The first kappa shape index (κ1) is 31.0. The van der Waals surface area contributed by atoms with Gasteiger partial charge in [0, 0.05) is 21.4 Å². The highest BCUT2D eigenvalue weighted by Gasteiger charge is 2.49. The summed E-state index contributed by atoms with van der Waals surface area (Å²) in [7, 11) is 6.15. The Hall–Kier alpha value is -3.04. The predicted molar refractivity (Wildman–Crippen MR) is 169 cm³/mol. The summed E-state index contributed by atoms with van der Waals surface area (Å²) in [5, 5.41) is 10.1. The van der Waals surface area contributed by atoms with Crippen LogP contribution in [0.15, 0.2) is 11.6 Å². The molecule has 2 aromatic heterocycles. The number of fused-ring (bicyclic) bond motifs is 2. The van der Waals surface area contributed by atoms with Crippen LogP contribution in [-0.4, -0.2) is 90.7 Å².